The van der Waals surface area contributed by atoms with Gasteiger partial charge in [-0.15, -0.1) is 0 Å². The summed E-state index contributed by atoms with van der Waals surface area (Å²) in [6.07, 6.45) is 1.09. The molecular weight excluding hydrogens is 284 g/mol. The van der Waals surface area contributed by atoms with Crippen LogP contribution in [0.3, 0.4) is 0 Å². The van der Waals surface area contributed by atoms with Gasteiger partial charge >= 0.3 is 11.9 Å². The van der Waals surface area contributed by atoms with Gasteiger partial charge in [0.05, 0.1) is 24.0 Å². The minimum atomic E-state index is -0.453. The van der Waals surface area contributed by atoms with E-state index in [0.29, 0.717) is 0 Å². The summed E-state index contributed by atoms with van der Waals surface area (Å²) < 4.78 is 16.2. The largest absolute Gasteiger partial charge is 0.461 e. The van der Waals surface area contributed by atoms with Crippen molar-refractivity contribution in [2.24, 2.45) is 23.7 Å². The minimum Gasteiger partial charge on any atom is -0.461 e. The molecule has 0 unspecified atom stereocenters. The summed E-state index contributed by atoms with van der Waals surface area (Å²) in [5.41, 5.74) is 1.55. The van der Waals surface area contributed by atoms with Gasteiger partial charge in [-0.05, 0) is 31.4 Å². The normalized spacial score (nSPS) is 37.4. The quantitative estimate of drug-likeness (QED) is 0.426. The molecule has 5 heteroatoms. The van der Waals surface area contributed by atoms with Crippen molar-refractivity contribution in [3.8, 4) is 0 Å². The van der Waals surface area contributed by atoms with Crippen molar-refractivity contribution in [3.05, 3.63) is 24.3 Å². The molecule has 0 aromatic heterocycles. The summed E-state index contributed by atoms with van der Waals surface area (Å²) in [4.78, 5) is 24.8. The van der Waals surface area contributed by atoms with Gasteiger partial charge in [-0.3, -0.25) is 9.59 Å². The average molecular weight is 306 g/mol. The third kappa shape index (κ3) is 2.58. The molecule has 22 heavy (non-hydrogen) atoms. The highest BCUT2D eigenvalue weighted by molar-refractivity contribution is 5.84. The number of carbonyl (C=O) groups excluding carboxylic acids is 2. The molecule has 0 amide bonds. The van der Waals surface area contributed by atoms with Crippen LogP contribution in [0, 0.1) is 23.7 Å². The average Bonchev–Trinajstić information content (AvgIpc) is 3.07. The maximum atomic E-state index is 12.4. The van der Waals surface area contributed by atoms with E-state index in [1.54, 1.807) is 13.8 Å². The van der Waals surface area contributed by atoms with Crippen molar-refractivity contribution in [1.82, 2.24) is 0 Å². The molecule has 0 N–H and O–H groups in total. The standard InChI is InChI=1S/C17H22O5/c1-8(2)6-20-16(18)12-10-5-11(15-14(10)22-15)13(12)17(19)21-7-9(3)4/h10-15H,1,3,5-7H2,2,4H3/t10-,11+,12-,13+,14-,15-/m1/s1. The highest BCUT2D eigenvalue weighted by Crippen LogP contribution is 2.62. The maximum Gasteiger partial charge on any atom is 0.310 e. The minimum absolute atomic E-state index is 0.0787. The number of hydrogen-bond acceptors (Lipinski definition) is 5. The fraction of sp³-hybridized carbons (Fsp3) is 0.647. The third-order valence-corrected chi connectivity index (χ3v) is 4.73. The molecule has 3 aliphatic rings. The summed E-state index contributed by atoms with van der Waals surface area (Å²) in [5.74, 6) is -1.41. The second-order valence-electron chi connectivity index (χ2n) is 6.81. The fourth-order valence-electron chi connectivity index (χ4n) is 3.87. The van der Waals surface area contributed by atoms with Crippen LogP contribution in [0.1, 0.15) is 20.3 Å². The first-order valence-electron chi connectivity index (χ1n) is 7.67. The Morgan fingerprint density at radius 1 is 0.955 bits per heavy atom. The Labute approximate surface area is 130 Å². The zero-order chi connectivity index (χ0) is 16.0. The summed E-state index contributed by atoms with van der Waals surface area (Å²) in [6.45, 7) is 11.4. The van der Waals surface area contributed by atoms with E-state index in [-0.39, 0.29) is 49.2 Å². The highest BCUT2D eigenvalue weighted by Gasteiger charge is 2.71. The Hall–Kier alpha value is -1.62. The molecule has 3 fully saturated rings. The van der Waals surface area contributed by atoms with Crippen LogP contribution in [-0.2, 0) is 23.8 Å². The predicted octanol–water partition coefficient (Wildman–Crippen LogP) is 1.87. The van der Waals surface area contributed by atoms with Crippen molar-refractivity contribution in [1.29, 1.82) is 0 Å². The number of fused-ring (bicyclic) bond motifs is 5. The van der Waals surface area contributed by atoms with Gasteiger partial charge in [0, 0.05) is 11.8 Å². The first-order valence-corrected chi connectivity index (χ1v) is 7.67. The number of hydrogen-bond donors (Lipinski definition) is 0. The van der Waals surface area contributed by atoms with Crippen molar-refractivity contribution in [2.75, 3.05) is 13.2 Å². The van der Waals surface area contributed by atoms with Crippen LogP contribution in [0.4, 0.5) is 0 Å². The Bertz CT molecular complexity index is 491. The summed E-state index contributed by atoms with van der Waals surface area (Å²) in [6, 6.07) is 0. The lowest BCUT2D eigenvalue weighted by Gasteiger charge is -2.25. The Kier molecular flexibility index (Phi) is 3.85. The highest BCUT2D eigenvalue weighted by atomic mass is 16.6. The van der Waals surface area contributed by atoms with Crippen LogP contribution < -0.4 is 0 Å². The molecule has 0 radical (unpaired) electrons. The molecule has 1 aliphatic heterocycles. The first-order chi connectivity index (χ1) is 10.4. The predicted molar refractivity (Wildman–Crippen MR) is 78.8 cm³/mol. The molecule has 0 spiro atoms. The van der Waals surface area contributed by atoms with Gasteiger partial charge in [0.2, 0.25) is 0 Å². The Balaban J connectivity index is 1.71. The molecule has 2 aliphatic carbocycles. The van der Waals surface area contributed by atoms with E-state index >= 15 is 0 Å². The molecule has 2 saturated carbocycles. The van der Waals surface area contributed by atoms with E-state index in [0.717, 1.165) is 17.6 Å². The smallest absolute Gasteiger partial charge is 0.310 e. The number of esters is 2. The molecule has 5 nitrogen and oxygen atoms in total. The van der Waals surface area contributed by atoms with E-state index in [2.05, 4.69) is 13.2 Å². The number of epoxide rings is 1. The second-order valence-corrected chi connectivity index (χ2v) is 6.81. The molecular formula is C17H22O5. The topological polar surface area (TPSA) is 65.1 Å². The summed E-state index contributed by atoms with van der Waals surface area (Å²) in [5, 5.41) is 0. The zero-order valence-electron chi connectivity index (χ0n) is 13.0. The van der Waals surface area contributed by atoms with Crippen LogP contribution in [0.15, 0.2) is 24.3 Å². The molecule has 0 aromatic rings. The van der Waals surface area contributed by atoms with Gasteiger partial charge < -0.3 is 14.2 Å². The zero-order valence-corrected chi connectivity index (χ0v) is 13.0. The van der Waals surface area contributed by atoms with E-state index < -0.39 is 11.8 Å². The van der Waals surface area contributed by atoms with E-state index in [1.807, 2.05) is 0 Å². The van der Waals surface area contributed by atoms with E-state index in [9.17, 15) is 9.59 Å². The van der Waals surface area contributed by atoms with Gasteiger partial charge in [-0.2, -0.15) is 0 Å². The van der Waals surface area contributed by atoms with Gasteiger partial charge in [0.1, 0.15) is 13.2 Å². The van der Waals surface area contributed by atoms with Crippen LogP contribution >= 0.6 is 0 Å². The maximum absolute atomic E-state index is 12.4. The van der Waals surface area contributed by atoms with Crippen molar-refractivity contribution in [3.63, 3.8) is 0 Å². The van der Waals surface area contributed by atoms with Crippen LogP contribution in [0.5, 0.6) is 0 Å². The Morgan fingerprint density at radius 3 is 1.73 bits per heavy atom. The van der Waals surface area contributed by atoms with Gasteiger partial charge in [-0.1, -0.05) is 13.2 Å². The Morgan fingerprint density at radius 2 is 1.36 bits per heavy atom. The molecule has 6 atom stereocenters. The summed E-state index contributed by atoms with van der Waals surface area (Å²) in [7, 11) is 0. The van der Waals surface area contributed by atoms with Crippen LogP contribution in [0.2, 0.25) is 0 Å². The second kappa shape index (κ2) is 5.54. The first kappa shape index (κ1) is 15.3. The fourth-order valence-corrected chi connectivity index (χ4v) is 3.87. The van der Waals surface area contributed by atoms with Crippen molar-refractivity contribution >= 4 is 11.9 Å². The van der Waals surface area contributed by atoms with Gasteiger partial charge in [-0.25, -0.2) is 0 Å². The molecule has 1 saturated heterocycles. The molecule has 0 aromatic carbocycles. The lowest BCUT2D eigenvalue weighted by molar-refractivity contribution is -0.161. The van der Waals surface area contributed by atoms with E-state index in [1.165, 1.54) is 0 Å². The molecule has 2 bridgehead atoms. The van der Waals surface area contributed by atoms with Crippen LogP contribution in [0.25, 0.3) is 0 Å². The van der Waals surface area contributed by atoms with Gasteiger partial charge in [0.15, 0.2) is 0 Å². The lowest BCUT2D eigenvalue weighted by Crippen LogP contribution is -2.40. The van der Waals surface area contributed by atoms with Crippen LogP contribution in [-0.4, -0.2) is 37.4 Å². The summed E-state index contributed by atoms with van der Waals surface area (Å²) >= 11 is 0. The van der Waals surface area contributed by atoms with E-state index in [4.69, 9.17) is 14.2 Å². The monoisotopic (exact) mass is 306 g/mol. The SMILES string of the molecule is C=C(C)COC(=O)[C@@H]1[C@H]2C[C@H]([C@H]3O[C@H]23)[C@@H]1C(=O)OCC(=C)C. The number of ether oxygens (including phenoxy) is 3. The molecule has 3 rings (SSSR count). The third-order valence-electron chi connectivity index (χ3n) is 4.73. The van der Waals surface area contributed by atoms with Crippen molar-refractivity contribution < 1.29 is 23.8 Å². The molecule has 1 heterocycles. The number of carbonyl (C=O) groups is 2. The van der Waals surface area contributed by atoms with Crippen molar-refractivity contribution in [2.45, 2.75) is 32.5 Å². The molecule has 120 valence electrons. The number of rotatable bonds is 6. The van der Waals surface area contributed by atoms with Gasteiger partial charge in [0.25, 0.3) is 0 Å². The lowest BCUT2D eigenvalue weighted by atomic mass is 9.79.